The lowest BCUT2D eigenvalue weighted by Crippen LogP contribution is -2.21. The van der Waals surface area contributed by atoms with Crippen LogP contribution in [-0.4, -0.2) is 28.3 Å². The lowest BCUT2D eigenvalue weighted by Gasteiger charge is -2.08. The molecule has 0 amide bonds. The number of aliphatic hydroxyl groups is 1. The molecule has 0 saturated carbocycles. The Morgan fingerprint density at radius 1 is 1.38 bits per heavy atom. The second-order valence-electron chi connectivity index (χ2n) is 4.61. The van der Waals surface area contributed by atoms with Crippen LogP contribution in [0.2, 0.25) is 5.02 Å². The minimum atomic E-state index is -0.200. The molecule has 6 heteroatoms. The molecule has 21 heavy (non-hydrogen) atoms. The first-order chi connectivity index (χ1) is 10.1. The van der Waals surface area contributed by atoms with E-state index in [0.29, 0.717) is 47.3 Å². The van der Waals surface area contributed by atoms with E-state index in [0.717, 1.165) is 0 Å². The number of ether oxygens (including phenoxy) is 1. The predicted molar refractivity (Wildman–Crippen MR) is 81.0 cm³/mol. The average Bonchev–Trinajstić information content (AvgIpc) is 2.43. The summed E-state index contributed by atoms with van der Waals surface area (Å²) in [6.07, 6.45) is 0.801. The summed E-state index contributed by atoms with van der Waals surface area (Å²) >= 11 is 5.87. The topological polar surface area (TPSA) is 75.2 Å². The van der Waals surface area contributed by atoms with Gasteiger partial charge in [0.1, 0.15) is 11.6 Å². The number of aryl methyl sites for hydroxylation is 1. The molecule has 5 nitrogen and oxygen atoms in total. The molecule has 0 atom stereocenters. The number of H-pyrrole nitrogens is 1. The first-order valence-electron chi connectivity index (χ1n) is 6.68. The third-order valence-corrected chi connectivity index (χ3v) is 3.27. The summed E-state index contributed by atoms with van der Waals surface area (Å²) in [6, 6.07) is 7.13. The largest absolute Gasteiger partial charge is 0.493 e. The number of aromatic amines is 1. The molecule has 2 aromatic rings. The Kier molecular flexibility index (Phi) is 5.36. The maximum Gasteiger partial charge on any atom is 0.254 e. The van der Waals surface area contributed by atoms with E-state index >= 15 is 0 Å². The Morgan fingerprint density at radius 3 is 2.86 bits per heavy atom. The molecule has 0 saturated heterocycles. The quantitative estimate of drug-likeness (QED) is 0.854. The fourth-order valence-corrected chi connectivity index (χ4v) is 2.20. The van der Waals surface area contributed by atoms with Crippen molar-refractivity contribution in [3.8, 4) is 5.75 Å². The maximum atomic E-state index is 11.9. The molecule has 1 aromatic carbocycles. The van der Waals surface area contributed by atoms with Crippen molar-refractivity contribution in [3.05, 3.63) is 56.7 Å². The van der Waals surface area contributed by atoms with Crippen molar-refractivity contribution in [1.29, 1.82) is 0 Å². The number of halogens is 1. The highest BCUT2D eigenvalue weighted by molar-refractivity contribution is 6.30. The van der Waals surface area contributed by atoms with E-state index in [2.05, 4.69) is 9.97 Å². The van der Waals surface area contributed by atoms with Crippen molar-refractivity contribution in [3.63, 3.8) is 0 Å². The third-order valence-electron chi connectivity index (χ3n) is 3.04. The Hall–Kier alpha value is -1.85. The van der Waals surface area contributed by atoms with Gasteiger partial charge in [-0.25, -0.2) is 4.98 Å². The first kappa shape index (κ1) is 15.5. The van der Waals surface area contributed by atoms with E-state index in [1.54, 1.807) is 19.1 Å². The van der Waals surface area contributed by atoms with Gasteiger partial charge in [-0.3, -0.25) is 4.79 Å². The van der Waals surface area contributed by atoms with Crippen molar-refractivity contribution < 1.29 is 9.84 Å². The first-order valence-corrected chi connectivity index (χ1v) is 7.06. The zero-order valence-corrected chi connectivity index (χ0v) is 12.5. The lowest BCUT2D eigenvalue weighted by molar-refractivity contribution is 0.298. The van der Waals surface area contributed by atoms with Crippen molar-refractivity contribution in [2.45, 2.75) is 19.8 Å². The minimum absolute atomic E-state index is 0.0666. The molecule has 0 aliphatic heterocycles. The predicted octanol–water partition coefficient (Wildman–Crippen LogP) is 1.89. The number of hydrogen-bond donors (Lipinski definition) is 2. The van der Waals surface area contributed by atoms with Gasteiger partial charge in [0.2, 0.25) is 0 Å². The van der Waals surface area contributed by atoms with Gasteiger partial charge < -0.3 is 14.8 Å². The highest BCUT2D eigenvalue weighted by atomic mass is 35.5. The summed E-state index contributed by atoms with van der Waals surface area (Å²) in [5.74, 6) is 1.25. The van der Waals surface area contributed by atoms with Crippen LogP contribution < -0.4 is 10.3 Å². The van der Waals surface area contributed by atoms with Gasteiger partial charge in [-0.1, -0.05) is 17.7 Å². The molecular weight excluding hydrogens is 292 g/mol. The zero-order valence-electron chi connectivity index (χ0n) is 11.7. The van der Waals surface area contributed by atoms with E-state index in [4.69, 9.17) is 21.4 Å². The monoisotopic (exact) mass is 308 g/mol. The van der Waals surface area contributed by atoms with Crippen molar-refractivity contribution in [2.24, 2.45) is 0 Å². The van der Waals surface area contributed by atoms with Crippen LogP contribution in [0, 0.1) is 6.92 Å². The molecule has 0 aliphatic carbocycles. The molecule has 0 aliphatic rings. The molecule has 0 bridgehead atoms. The van der Waals surface area contributed by atoms with E-state index in [9.17, 15) is 4.79 Å². The van der Waals surface area contributed by atoms with Crippen LogP contribution in [0.3, 0.4) is 0 Å². The van der Waals surface area contributed by atoms with Gasteiger partial charge in [-0.05, 0) is 25.1 Å². The van der Waals surface area contributed by atoms with Crippen LogP contribution in [0.25, 0.3) is 0 Å². The fraction of sp³-hybridized carbons (Fsp3) is 0.333. The molecule has 0 spiro atoms. The lowest BCUT2D eigenvalue weighted by atomic mass is 10.2. The second kappa shape index (κ2) is 7.24. The van der Waals surface area contributed by atoms with Crippen molar-refractivity contribution in [2.75, 3.05) is 13.2 Å². The highest BCUT2D eigenvalue weighted by Gasteiger charge is 2.07. The molecule has 1 aromatic heterocycles. The number of benzene rings is 1. The van der Waals surface area contributed by atoms with Crippen LogP contribution in [0.1, 0.15) is 17.1 Å². The minimum Gasteiger partial charge on any atom is -0.493 e. The van der Waals surface area contributed by atoms with Crippen LogP contribution in [0.15, 0.2) is 29.1 Å². The number of hydrogen-bond acceptors (Lipinski definition) is 4. The second-order valence-corrected chi connectivity index (χ2v) is 5.04. The molecular formula is C15H17ClN2O3. The van der Waals surface area contributed by atoms with Crippen LogP contribution in [0.4, 0.5) is 0 Å². The van der Waals surface area contributed by atoms with Gasteiger partial charge in [-0.15, -0.1) is 0 Å². The molecule has 0 radical (unpaired) electrons. The van der Waals surface area contributed by atoms with Gasteiger partial charge in [0.15, 0.2) is 0 Å². The molecule has 2 rings (SSSR count). The Labute approximate surface area is 127 Å². The third kappa shape index (κ3) is 4.31. The normalized spacial score (nSPS) is 10.6. The van der Waals surface area contributed by atoms with Gasteiger partial charge in [0.05, 0.1) is 6.61 Å². The fourth-order valence-electron chi connectivity index (χ4n) is 2.02. The van der Waals surface area contributed by atoms with Gasteiger partial charge in [0, 0.05) is 35.7 Å². The van der Waals surface area contributed by atoms with Crippen molar-refractivity contribution in [1.82, 2.24) is 9.97 Å². The zero-order chi connectivity index (χ0) is 15.2. The number of nitrogens with zero attached hydrogens (tertiary/aromatic N) is 1. The van der Waals surface area contributed by atoms with Crippen LogP contribution >= 0.6 is 11.6 Å². The van der Waals surface area contributed by atoms with Gasteiger partial charge >= 0.3 is 0 Å². The van der Waals surface area contributed by atoms with Gasteiger partial charge in [-0.2, -0.15) is 0 Å². The number of aliphatic hydroxyl groups excluding tert-OH is 1. The number of aromatic nitrogens is 2. The molecule has 112 valence electrons. The highest BCUT2D eigenvalue weighted by Crippen LogP contribution is 2.17. The molecule has 0 unspecified atom stereocenters. The summed E-state index contributed by atoms with van der Waals surface area (Å²) in [4.78, 5) is 18.9. The molecule has 0 fully saturated rings. The van der Waals surface area contributed by atoms with E-state index < -0.39 is 0 Å². The summed E-state index contributed by atoms with van der Waals surface area (Å²) < 4.78 is 5.56. The van der Waals surface area contributed by atoms with Gasteiger partial charge in [0.25, 0.3) is 5.56 Å². The number of rotatable bonds is 6. The summed E-state index contributed by atoms with van der Waals surface area (Å²) in [7, 11) is 0. The summed E-state index contributed by atoms with van der Waals surface area (Å²) in [5, 5.41) is 9.53. The van der Waals surface area contributed by atoms with E-state index in [-0.39, 0.29) is 12.2 Å². The van der Waals surface area contributed by atoms with Crippen LogP contribution in [-0.2, 0) is 12.8 Å². The van der Waals surface area contributed by atoms with Crippen molar-refractivity contribution >= 4 is 11.6 Å². The SMILES string of the molecule is Cc1nc(CCOc2cccc(Cl)c2)[nH]c(=O)c1CCO. The Balaban J connectivity index is 1.99. The summed E-state index contributed by atoms with van der Waals surface area (Å²) in [6.45, 7) is 2.09. The Bertz CT molecular complexity index is 670. The van der Waals surface area contributed by atoms with E-state index in [1.807, 2.05) is 12.1 Å². The van der Waals surface area contributed by atoms with Crippen LogP contribution in [0.5, 0.6) is 5.75 Å². The maximum absolute atomic E-state index is 11.9. The Morgan fingerprint density at radius 2 is 2.19 bits per heavy atom. The van der Waals surface area contributed by atoms with E-state index in [1.165, 1.54) is 0 Å². The smallest absolute Gasteiger partial charge is 0.254 e. The number of nitrogens with one attached hydrogen (secondary N) is 1. The molecule has 2 N–H and O–H groups in total. The summed E-state index contributed by atoms with van der Waals surface area (Å²) in [5.41, 5.74) is 0.969. The molecule has 1 heterocycles. The standard InChI is InChI=1S/C15H17ClN2O3/c1-10-13(5-7-19)15(20)18-14(17-10)6-8-21-12-4-2-3-11(16)9-12/h2-4,9,19H,5-8H2,1H3,(H,17,18,20). The average molecular weight is 309 g/mol.